The molecule has 5 nitrogen and oxygen atoms in total. The molecule has 0 saturated carbocycles. The summed E-state index contributed by atoms with van der Waals surface area (Å²) in [4.78, 5) is 12.8. The quantitative estimate of drug-likeness (QED) is 0.439. The Bertz CT molecular complexity index is 1010. The van der Waals surface area contributed by atoms with Gasteiger partial charge in [-0.05, 0) is 23.6 Å². The number of fused-ring (bicyclic) bond motifs is 2. The van der Waals surface area contributed by atoms with Gasteiger partial charge in [-0.25, -0.2) is 9.97 Å². The highest BCUT2D eigenvalue weighted by Gasteiger charge is 2.14. The zero-order chi connectivity index (χ0) is 15.8. The molecule has 112 valence electrons. The van der Waals surface area contributed by atoms with E-state index < -0.39 is 0 Å². The van der Waals surface area contributed by atoms with Gasteiger partial charge in [-0.15, -0.1) is 0 Å². The fourth-order valence-corrected chi connectivity index (χ4v) is 2.95. The van der Waals surface area contributed by atoms with Crippen LogP contribution in [0.3, 0.4) is 0 Å². The van der Waals surface area contributed by atoms with Crippen molar-refractivity contribution in [2.24, 2.45) is 0 Å². The smallest absolute Gasteiger partial charge is 0.220 e. The molecule has 0 radical (unpaired) electrons. The van der Waals surface area contributed by atoms with Crippen LogP contribution in [-0.4, -0.2) is 15.0 Å². The van der Waals surface area contributed by atoms with Crippen LogP contribution in [0.5, 0.6) is 0 Å². The largest absolute Gasteiger partial charge is 0.396 e. The van der Waals surface area contributed by atoms with Crippen LogP contribution in [0.15, 0.2) is 55.0 Å². The molecule has 4 N–H and O–H groups in total. The summed E-state index contributed by atoms with van der Waals surface area (Å²) in [6, 6.07) is 12.2. The highest BCUT2D eigenvalue weighted by atomic mass is 15.0. The molecule has 0 amide bonds. The van der Waals surface area contributed by atoms with E-state index >= 15 is 0 Å². The first kappa shape index (κ1) is 13.5. The predicted octanol–water partition coefficient (Wildman–Crippen LogP) is 2.93. The van der Waals surface area contributed by atoms with Crippen molar-refractivity contribution in [2.45, 2.75) is 6.42 Å². The van der Waals surface area contributed by atoms with Crippen molar-refractivity contribution in [3.05, 3.63) is 66.1 Å². The molecule has 2 heterocycles. The van der Waals surface area contributed by atoms with E-state index in [1.165, 1.54) is 5.56 Å². The summed E-state index contributed by atoms with van der Waals surface area (Å²) in [6.45, 7) is 0. The van der Waals surface area contributed by atoms with Crippen molar-refractivity contribution in [1.29, 1.82) is 0 Å². The summed E-state index contributed by atoms with van der Waals surface area (Å²) in [5.41, 5.74) is 15.7. The van der Waals surface area contributed by atoms with Crippen molar-refractivity contribution >= 4 is 33.3 Å². The number of nitrogen functional groups attached to an aromatic ring is 2. The first-order valence-corrected chi connectivity index (χ1v) is 7.34. The monoisotopic (exact) mass is 301 g/mol. The Balaban J connectivity index is 2.08. The maximum absolute atomic E-state index is 6.31. The Morgan fingerprint density at radius 1 is 0.870 bits per heavy atom. The van der Waals surface area contributed by atoms with Gasteiger partial charge in [0.15, 0.2) is 0 Å². The van der Waals surface area contributed by atoms with Crippen LogP contribution in [-0.2, 0) is 6.42 Å². The minimum absolute atomic E-state index is 0.225. The lowest BCUT2D eigenvalue weighted by molar-refractivity contribution is 1.19. The standard InChI is InChI=1S/C18H15N5/c19-16-12-6-7-21-9-14(12)13(8-11-4-2-1-3-5-11)15-10-22-18(20)23-17(15)16/h1-7,9-10H,8,19H2,(H2,20,22,23). The van der Waals surface area contributed by atoms with E-state index in [-0.39, 0.29) is 5.95 Å². The molecule has 0 atom stereocenters. The summed E-state index contributed by atoms with van der Waals surface area (Å²) >= 11 is 0. The molecule has 23 heavy (non-hydrogen) atoms. The molecule has 0 aliphatic rings. The number of benzene rings is 2. The highest BCUT2D eigenvalue weighted by molar-refractivity contribution is 6.11. The SMILES string of the molecule is Nc1ncc2c(Cc3ccccc3)c3cnccc3c(N)c2n1. The second-order valence-corrected chi connectivity index (χ2v) is 5.47. The zero-order valence-electron chi connectivity index (χ0n) is 12.4. The number of nitrogens with two attached hydrogens (primary N) is 2. The van der Waals surface area contributed by atoms with E-state index in [0.29, 0.717) is 11.2 Å². The molecule has 0 unspecified atom stereocenters. The normalized spacial score (nSPS) is 11.1. The Kier molecular flexibility index (Phi) is 3.05. The Morgan fingerprint density at radius 3 is 2.52 bits per heavy atom. The summed E-state index contributed by atoms with van der Waals surface area (Å²) in [5.74, 6) is 0.225. The molecule has 0 fully saturated rings. The van der Waals surface area contributed by atoms with Gasteiger partial charge in [-0.1, -0.05) is 30.3 Å². The number of rotatable bonds is 2. The maximum atomic E-state index is 6.31. The lowest BCUT2D eigenvalue weighted by Gasteiger charge is -2.13. The first-order valence-electron chi connectivity index (χ1n) is 7.34. The summed E-state index contributed by atoms with van der Waals surface area (Å²) in [7, 11) is 0. The molecule has 0 saturated heterocycles. The van der Waals surface area contributed by atoms with Crippen molar-refractivity contribution < 1.29 is 0 Å². The van der Waals surface area contributed by atoms with E-state index in [9.17, 15) is 0 Å². The number of nitrogens with zero attached hydrogens (tertiary/aromatic N) is 3. The molecule has 4 rings (SSSR count). The number of anilines is 2. The molecule has 2 aromatic carbocycles. The minimum atomic E-state index is 0.225. The van der Waals surface area contributed by atoms with Gasteiger partial charge < -0.3 is 11.5 Å². The summed E-state index contributed by atoms with van der Waals surface area (Å²) in [5, 5.41) is 2.88. The van der Waals surface area contributed by atoms with Gasteiger partial charge in [0, 0.05) is 34.7 Å². The van der Waals surface area contributed by atoms with Gasteiger partial charge in [0.05, 0.1) is 11.2 Å². The Hall–Kier alpha value is -3.21. The molecular formula is C18H15N5. The average Bonchev–Trinajstić information content (AvgIpc) is 2.59. The van der Waals surface area contributed by atoms with E-state index in [2.05, 4.69) is 27.1 Å². The van der Waals surface area contributed by atoms with Gasteiger partial charge in [-0.2, -0.15) is 0 Å². The molecule has 0 spiro atoms. The molecular weight excluding hydrogens is 286 g/mol. The molecule has 0 aliphatic heterocycles. The maximum Gasteiger partial charge on any atom is 0.220 e. The fourth-order valence-electron chi connectivity index (χ4n) is 2.95. The van der Waals surface area contributed by atoms with Crippen LogP contribution in [0, 0.1) is 0 Å². The van der Waals surface area contributed by atoms with E-state index in [1.54, 1.807) is 12.4 Å². The zero-order valence-corrected chi connectivity index (χ0v) is 12.4. The Labute approximate surface area is 133 Å². The molecule has 2 aromatic heterocycles. The van der Waals surface area contributed by atoms with E-state index in [1.807, 2.05) is 30.5 Å². The van der Waals surface area contributed by atoms with Crippen molar-refractivity contribution in [3.63, 3.8) is 0 Å². The number of aromatic nitrogens is 3. The molecule has 5 heteroatoms. The highest BCUT2D eigenvalue weighted by Crippen LogP contribution is 2.34. The minimum Gasteiger partial charge on any atom is -0.396 e. The van der Waals surface area contributed by atoms with E-state index in [4.69, 9.17) is 11.5 Å². The average molecular weight is 301 g/mol. The van der Waals surface area contributed by atoms with Crippen LogP contribution in [0.1, 0.15) is 11.1 Å². The fraction of sp³-hybridized carbons (Fsp3) is 0.0556. The number of pyridine rings is 1. The third-order valence-corrected chi connectivity index (χ3v) is 4.05. The van der Waals surface area contributed by atoms with Crippen LogP contribution in [0.2, 0.25) is 0 Å². The summed E-state index contributed by atoms with van der Waals surface area (Å²) in [6.07, 6.45) is 6.09. The molecule has 4 aromatic rings. The van der Waals surface area contributed by atoms with Crippen molar-refractivity contribution in [2.75, 3.05) is 11.5 Å². The topological polar surface area (TPSA) is 90.7 Å². The van der Waals surface area contributed by atoms with Gasteiger partial charge in [-0.3, -0.25) is 4.98 Å². The van der Waals surface area contributed by atoms with Gasteiger partial charge in [0.1, 0.15) is 0 Å². The molecule has 0 aliphatic carbocycles. The van der Waals surface area contributed by atoms with E-state index in [0.717, 1.165) is 28.1 Å². The lowest BCUT2D eigenvalue weighted by atomic mass is 9.95. The second-order valence-electron chi connectivity index (χ2n) is 5.47. The van der Waals surface area contributed by atoms with Crippen LogP contribution < -0.4 is 11.5 Å². The van der Waals surface area contributed by atoms with Gasteiger partial charge in [0.2, 0.25) is 5.95 Å². The third-order valence-electron chi connectivity index (χ3n) is 4.05. The van der Waals surface area contributed by atoms with Gasteiger partial charge in [0.25, 0.3) is 0 Å². The second kappa shape index (κ2) is 5.21. The van der Waals surface area contributed by atoms with Crippen molar-refractivity contribution in [3.8, 4) is 0 Å². The van der Waals surface area contributed by atoms with Crippen molar-refractivity contribution in [1.82, 2.24) is 15.0 Å². The van der Waals surface area contributed by atoms with Crippen LogP contribution in [0.4, 0.5) is 11.6 Å². The molecule has 0 bridgehead atoms. The third kappa shape index (κ3) is 2.23. The predicted molar refractivity (Wildman–Crippen MR) is 92.9 cm³/mol. The first-order chi connectivity index (χ1) is 11.2. The number of hydrogen-bond acceptors (Lipinski definition) is 5. The lowest BCUT2D eigenvalue weighted by Crippen LogP contribution is -2.02. The van der Waals surface area contributed by atoms with Crippen LogP contribution in [0.25, 0.3) is 21.7 Å². The Morgan fingerprint density at radius 2 is 1.70 bits per heavy atom. The van der Waals surface area contributed by atoms with Gasteiger partial charge >= 0.3 is 0 Å². The number of hydrogen-bond donors (Lipinski definition) is 2. The summed E-state index contributed by atoms with van der Waals surface area (Å²) < 4.78 is 0. The van der Waals surface area contributed by atoms with Crippen LogP contribution >= 0.6 is 0 Å².